The molecule has 0 saturated heterocycles. The fourth-order valence-corrected chi connectivity index (χ4v) is 2.26. The van der Waals surface area contributed by atoms with Crippen LogP contribution in [0.4, 0.5) is 0 Å². The van der Waals surface area contributed by atoms with E-state index in [1.165, 1.54) is 22.3 Å². The molecule has 0 aliphatic heterocycles. The number of allylic oxidation sites excluding steroid dienone is 3. The zero-order valence-corrected chi connectivity index (χ0v) is 20.2. The molecule has 0 saturated carbocycles. The topological polar surface area (TPSA) is 0 Å². The molecule has 0 spiro atoms. The van der Waals surface area contributed by atoms with Crippen LogP contribution in [0.5, 0.6) is 0 Å². The van der Waals surface area contributed by atoms with Gasteiger partial charge in [-0.2, -0.15) is 35.9 Å². The van der Waals surface area contributed by atoms with E-state index in [0.29, 0.717) is 0 Å². The third kappa shape index (κ3) is 10.4. The minimum absolute atomic E-state index is 0. The summed E-state index contributed by atoms with van der Waals surface area (Å²) < 4.78 is 0. The van der Waals surface area contributed by atoms with E-state index in [2.05, 4.69) is 55.6 Å². The summed E-state index contributed by atoms with van der Waals surface area (Å²) in [6.45, 7) is 13.7. The number of hydrogen-bond donors (Lipinski definition) is 0. The standard InChI is InChI=1S/C13H9.C6H9.C2H6Si.2ClH.Zr/c1-3-7-12-10(5-1)9-11-6-2-4-8-13(11)12;1-4-5-6(2)3;1-3-2;;;/h1-5,7-8H,9H2;2,4-5H,1,3H3;1-2H3;2*1H;/q2*-1;;;;+2/p-2. The zero-order valence-electron chi connectivity index (χ0n) is 15.2. The first-order valence-corrected chi connectivity index (χ1v) is 14.0. The van der Waals surface area contributed by atoms with Gasteiger partial charge in [-0.25, -0.2) is 11.6 Å². The van der Waals surface area contributed by atoms with Crippen LogP contribution in [0, 0.1) is 12.6 Å². The molecule has 132 valence electrons. The number of benzene rings is 2. The van der Waals surface area contributed by atoms with Gasteiger partial charge in [-0.3, -0.25) is 6.58 Å². The Morgan fingerprint density at radius 2 is 1.68 bits per heavy atom. The smallest absolute Gasteiger partial charge is 0.0253 e. The maximum Gasteiger partial charge on any atom is -0.0253 e. The van der Waals surface area contributed by atoms with Gasteiger partial charge in [0.25, 0.3) is 0 Å². The maximum atomic E-state index is 5.23. The molecule has 0 nitrogen and oxygen atoms in total. The van der Waals surface area contributed by atoms with Crippen LogP contribution in [0.1, 0.15) is 25.0 Å². The largest absolute Gasteiger partial charge is 1.00 e. The van der Waals surface area contributed by atoms with Crippen molar-refractivity contribution in [1.29, 1.82) is 0 Å². The molecule has 0 radical (unpaired) electrons. The van der Waals surface area contributed by atoms with Crippen molar-refractivity contribution in [2.24, 2.45) is 0 Å². The van der Waals surface area contributed by atoms with Gasteiger partial charge in [0, 0.05) is 0 Å². The summed E-state index contributed by atoms with van der Waals surface area (Å²) >= 11 is 1.74. The minimum atomic E-state index is 0. The number of rotatable bonds is 1. The quantitative estimate of drug-likeness (QED) is 0.265. The maximum absolute atomic E-state index is 5.23. The summed E-state index contributed by atoms with van der Waals surface area (Å²) in [5.74, 6) is 0. The van der Waals surface area contributed by atoms with Crippen LogP contribution >= 0.6 is 0 Å². The molecule has 1 aliphatic rings. The van der Waals surface area contributed by atoms with Crippen LogP contribution in [0.15, 0.2) is 60.2 Å². The van der Waals surface area contributed by atoms with Crippen molar-refractivity contribution >= 4 is 5.43 Å². The van der Waals surface area contributed by atoms with Crippen LogP contribution in [-0.4, -0.2) is 5.43 Å². The van der Waals surface area contributed by atoms with Crippen molar-refractivity contribution in [3.05, 3.63) is 84.0 Å². The summed E-state index contributed by atoms with van der Waals surface area (Å²) in [4.78, 5) is 0. The molecule has 4 heteroatoms. The Hall–Kier alpha value is -0.400. The van der Waals surface area contributed by atoms with E-state index in [1.54, 1.807) is 23.3 Å². The fraction of sp³-hybridized carbons (Fsp3) is 0.238. The molecule has 0 aromatic heterocycles. The Labute approximate surface area is 181 Å². The summed E-state index contributed by atoms with van der Waals surface area (Å²) in [5.41, 5.74) is 6.58. The Morgan fingerprint density at radius 1 is 1.12 bits per heavy atom. The average Bonchev–Trinajstić information content (AvgIpc) is 2.86. The van der Waals surface area contributed by atoms with Gasteiger partial charge in [-0.05, 0) is 6.42 Å². The fourth-order valence-electron chi connectivity index (χ4n) is 2.26. The molecule has 0 amide bonds. The third-order valence-corrected chi connectivity index (χ3v) is 3.05. The second kappa shape index (κ2) is 14.7. The summed E-state index contributed by atoms with van der Waals surface area (Å²) in [6, 6.07) is 18.1. The second-order valence-corrected chi connectivity index (χ2v) is 15.0. The van der Waals surface area contributed by atoms with Gasteiger partial charge in [0.15, 0.2) is 0 Å². The van der Waals surface area contributed by atoms with Gasteiger partial charge in [0.1, 0.15) is 0 Å². The molecule has 0 fully saturated rings. The Morgan fingerprint density at radius 3 is 2.20 bits per heavy atom. The third-order valence-electron chi connectivity index (χ3n) is 3.05. The SMILES string of the molecule is C[Si](C)=[Zr+2].[CH-]=C(C)C=CC.[Cl-].[Cl-].[c-]1cccc2c1Cc1ccccc1-2. The minimum Gasteiger partial charge on any atom is -1.00 e. The first-order valence-electron chi connectivity index (χ1n) is 7.77. The summed E-state index contributed by atoms with van der Waals surface area (Å²) in [5, 5.41) is 0. The predicted molar refractivity (Wildman–Crippen MR) is 99.3 cm³/mol. The van der Waals surface area contributed by atoms with E-state index in [-0.39, 0.29) is 30.2 Å². The van der Waals surface area contributed by atoms with Crippen LogP contribution in [-0.2, 0) is 29.8 Å². The van der Waals surface area contributed by atoms with Gasteiger partial charge in [-0.15, -0.1) is 5.56 Å². The van der Waals surface area contributed by atoms with Gasteiger partial charge in [0.05, 0.1) is 0 Å². The molecule has 0 N–H and O–H groups in total. The zero-order chi connectivity index (χ0) is 17.2. The van der Waals surface area contributed by atoms with Crippen molar-refractivity contribution in [1.82, 2.24) is 0 Å². The second-order valence-electron chi connectivity index (χ2n) is 5.64. The molecule has 1 aliphatic carbocycles. The first-order chi connectivity index (χ1) is 11.0. The van der Waals surface area contributed by atoms with Crippen molar-refractivity contribution < 1.29 is 48.1 Å². The molecule has 2 aromatic rings. The van der Waals surface area contributed by atoms with Crippen molar-refractivity contribution in [3.63, 3.8) is 0 Å². The van der Waals surface area contributed by atoms with E-state index in [1.807, 2.05) is 32.1 Å². The molecule has 2 aromatic carbocycles. The van der Waals surface area contributed by atoms with Crippen LogP contribution < -0.4 is 24.8 Å². The van der Waals surface area contributed by atoms with Crippen molar-refractivity contribution in [3.8, 4) is 11.1 Å². The molecular weight excluding hydrogens is 442 g/mol. The molecule has 0 unspecified atom stereocenters. The Bertz CT molecular complexity index is 661. The molecule has 25 heavy (non-hydrogen) atoms. The molecule has 0 heterocycles. The predicted octanol–water partition coefficient (Wildman–Crippen LogP) is -0.208. The summed E-state index contributed by atoms with van der Waals surface area (Å²) in [7, 11) is 0. The molecular formula is C21H24Cl2SiZr-2. The Balaban J connectivity index is 0. The monoisotopic (exact) mass is 464 g/mol. The van der Waals surface area contributed by atoms with Crippen LogP contribution in [0.2, 0.25) is 13.1 Å². The summed E-state index contributed by atoms with van der Waals surface area (Å²) in [6.07, 6.45) is 4.82. The van der Waals surface area contributed by atoms with Crippen LogP contribution in [0.25, 0.3) is 11.1 Å². The van der Waals surface area contributed by atoms with E-state index in [9.17, 15) is 0 Å². The number of hydrogen-bond acceptors (Lipinski definition) is 0. The van der Waals surface area contributed by atoms with Gasteiger partial charge < -0.3 is 24.8 Å². The van der Waals surface area contributed by atoms with E-state index < -0.39 is 0 Å². The Kier molecular flexibility index (Phi) is 15.8. The van der Waals surface area contributed by atoms with Crippen molar-refractivity contribution in [2.75, 3.05) is 0 Å². The number of halogens is 2. The average molecular weight is 467 g/mol. The normalized spacial score (nSPS) is 9.84. The molecule has 0 bridgehead atoms. The van der Waals surface area contributed by atoms with Gasteiger partial charge in [0.2, 0.25) is 0 Å². The van der Waals surface area contributed by atoms with Crippen molar-refractivity contribution in [2.45, 2.75) is 33.4 Å². The van der Waals surface area contributed by atoms with E-state index in [4.69, 9.17) is 6.58 Å². The van der Waals surface area contributed by atoms with Crippen LogP contribution in [0.3, 0.4) is 0 Å². The number of fused-ring (bicyclic) bond motifs is 3. The van der Waals surface area contributed by atoms with Gasteiger partial charge in [-0.1, -0.05) is 49.2 Å². The van der Waals surface area contributed by atoms with E-state index in [0.717, 1.165) is 12.0 Å². The molecule has 0 atom stereocenters. The molecule has 3 rings (SSSR count). The first kappa shape index (κ1) is 26.8. The van der Waals surface area contributed by atoms with Gasteiger partial charge >= 0.3 is 41.9 Å². The van der Waals surface area contributed by atoms with E-state index >= 15 is 0 Å².